The van der Waals surface area contributed by atoms with Gasteiger partial charge in [-0.25, -0.2) is 0 Å². The topological polar surface area (TPSA) is 22.9 Å². The van der Waals surface area contributed by atoms with Crippen molar-refractivity contribution in [1.82, 2.24) is 0 Å². The standard InChI is InChI=1S/C20H31NO2.ClH/c1-4-21(5-2)14-15-23-20(17-10-7-6-8-11-17)18-12-9-13-19(16-18)22-3;/h9,12-13,16H,4-8,10-11,14-15H2,1-3H3;1H. The van der Waals surface area contributed by atoms with Crippen LogP contribution in [0.25, 0.3) is 5.76 Å². The van der Waals surface area contributed by atoms with Crippen LogP contribution in [0.5, 0.6) is 5.75 Å². The molecule has 1 N–H and O–H groups in total. The van der Waals surface area contributed by atoms with E-state index >= 15 is 0 Å². The Kier molecular flexibility index (Phi) is 9.89. The van der Waals surface area contributed by atoms with Crippen LogP contribution >= 0.6 is 0 Å². The maximum absolute atomic E-state index is 6.30. The summed E-state index contributed by atoms with van der Waals surface area (Å²) in [7, 11) is 1.72. The van der Waals surface area contributed by atoms with Crippen molar-refractivity contribution in [3.05, 3.63) is 35.4 Å². The first-order chi connectivity index (χ1) is 11.3. The van der Waals surface area contributed by atoms with E-state index in [9.17, 15) is 0 Å². The van der Waals surface area contributed by atoms with E-state index in [0.29, 0.717) is 0 Å². The minimum Gasteiger partial charge on any atom is -1.00 e. The molecule has 0 amide bonds. The molecule has 0 atom stereocenters. The monoisotopic (exact) mass is 353 g/mol. The van der Waals surface area contributed by atoms with Gasteiger partial charge in [0.25, 0.3) is 0 Å². The minimum absolute atomic E-state index is 0. The zero-order valence-electron chi connectivity index (χ0n) is 15.4. The highest BCUT2D eigenvalue weighted by molar-refractivity contribution is 5.64. The van der Waals surface area contributed by atoms with Crippen LogP contribution in [-0.4, -0.2) is 33.4 Å². The van der Waals surface area contributed by atoms with Crippen molar-refractivity contribution in [3.8, 4) is 5.75 Å². The fourth-order valence-corrected chi connectivity index (χ4v) is 3.26. The first kappa shape index (κ1) is 20.9. The minimum atomic E-state index is 0. The zero-order chi connectivity index (χ0) is 16.5. The molecule has 1 saturated carbocycles. The molecular formula is C20H32ClNO2. The second kappa shape index (κ2) is 11.4. The SMILES string of the molecule is CC[NH+](CC)CCOC(=C1CCCCC1)c1cccc(OC)c1.[Cl-]. The molecule has 3 nitrogen and oxygen atoms in total. The van der Waals surface area contributed by atoms with Gasteiger partial charge in [-0.1, -0.05) is 18.6 Å². The molecule has 0 unspecified atom stereocenters. The highest BCUT2D eigenvalue weighted by atomic mass is 35.5. The van der Waals surface area contributed by atoms with E-state index < -0.39 is 0 Å². The van der Waals surface area contributed by atoms with Crippen molar-refractivity contribution in [3.63, 3.8) is 0 Å². The molecule has 4 heteroatoms. The van der Waals surface area contributed by atoms with Gasteiger partial charge in [-0.15, -0.1) is 0 Å². The van der Waals surface area contributed by atoms with Gasteiger partial charge in [0, 0.05) is 5.56 Å². The quantitative estimate of drug-likeness (QED) is 0.680. The maximum atomic E-state index is 6.30. The Hall–Kier alpha value is -1.19. The van der Waals surface area contributed by atoms with Gasteiger partial charge >= 0.3 is 0 Å². The van der Waals surface area contributed by atoms with Gasteiger partial charge in [-0.3, -0.25) is 0 Å². The molecule has 0 bridgehead atoms. The van der Waals surface area contributed by atoms with Crippen LogP contribution in [0, 0.1) is 0 Å². The lowest BCUT2D eigenvalue weighted by Gasteiger charge is -2.22. The van der Waals surface area contributed by atoms with E-state index in [-0.39, 0.29) is 12.4 Å². The molecule has 0 aromatic heterocycles. The summed E-state index contributed by atoms with van der Waals surface area (Å²) in [4.78, 5) is 1.59. The average molecular weight is 354 g/mol. The molecule has 0 saturated heterocycles. The Labute approximate surface area is 153 Å². The van der Waals surface area contributed by atoms with Crippen LogP contribution in [0.4, 0.5) is 0 Å². The van der Waals surface area contributed by atoms with Crippen LogP contribution in [0.1, 0.15) is 51.5 Å². The van der Waals surface area contributed by atoms with Crippen molar-refractivity contribution in [2.75, 3.05) is 33.4 Å². The summed E-state index contributed by atoms with van der Waals surface area (Å²) in [6.07, 6.45) is 6.26. The highest BCUT2D eigenvalue weighted by Crippen LogP contribution is 2.32. The Balaban J connectivity index is 0.00000288. The van der Waals surface area contributed by atoms with Crippen LogP contribution in [0.2, 0.25) is 0 Å². The first-order valence-electron chi connectivity index (χ1n) is 9.11. The third kappa shape index (κ3) is 6.03. The summed E-state index contributed by atoms with van der Waals surface area (Å²) in [5, 5.41) is 0. The molecule has 0 radical (unpaired) electrons. The molecular weight excluding hydrogens is 322 g/mol. The van der Waals surface area contributed by atoms with E-state index in [1.807, 2.05) is 6.07 Å². The predicted octanol–water partition coefficient (Wildman–Crippen LogP) is 0.316. The van der Waals surface area contributed by atoms with Gasteiger partial charge in [0.2, 0.25) is 0 Å². The lowest BCUT2D eigenvalue weighted by atomic mass is 9.92. The number of benzene rings is 1. The summed E-state index contributed by atoms with van der Waals surface area (Å²) < 4.78 is 11.7. The van der Waals surface area contributed by atoms with Crippen molar-refractivity contribution in [1.29, 1.82) is 0 Å². The fraction of sp³-hybridized carbons (Fsp3) is 0.600. The second-order valence-corrected chi connectivity index (χ2v) is 6.28. The van der Waals surface area contributed by atoms with Crippen molar-refractivity contribution in [2.24, 2.45) is 0 Å². The molecule has 1 aromatic rings. The number of ether oxygens (including phenoxy) is 2. The van der Waals surface area contributed by atoms with Crippen LogP contribution < -0.4 is 22.0 Å². The first-order valence-corrected chi connectivity index (χ1v) is 9.11. The van der Waals surface area contributed by atoms with Crippen molar-refractivity contribution in [2.45, 2.75) is 46.0 Å². The molecule has 0 aliphatic heterocycles. The molecule has 0 spiro atoms. The van der Waals surface area contributed by atoms with Crippen molar-refractivity contribution < 1.29 is 26.8 Å². The third-order valence-electron chi connectivity index (χ3n) is 4.81. The van der Waals surface area contributed by atoms with E-state index in [4.69, 9.17) is 9.47 Å². The Morgan fingerprint density at radius 1 is 1.08 bits per heavy atom. The largest absolute Gasteiger partial charge is 1.00 e. The maximum Gasteiger partial charge on any atom is 0.137 e. The van der Waals surface area contributed by atoms with Gasteiger partial charge in [0.15, 0.2) is 0 Å². The second-order valence-electron chi connectivity index (χ2n) is 6.28. The van der Waals surface area contributed by atoms with Gasteiger partial charge in [-0.05, 0) is 57.2 Å². The van der Waals surface area contributed by atoms with Gasteiger partial charge in [0.1, 0.15) is 24.7 Å². The lowest BCUT2D eigenvalue weighted by Crippen LogP contribution is -3.11. The van der Waals surface area contributed by atoms with Crippen LogP contribution in [0.3, 0.4) is 0 Å². The van der Waals surface area contributed by atoms with E-state index in [1.165, 1.54) is 37.7 Å². The van der Waals surface area contributed by atoms with E-state index in [1.54, 1.807) is 12.0 Å². The highest BCUT2D eigenvalue weighted by Gasteiger charge is 2.16. The molecule has 2 rings (SSSR count). The van der Waals surface area contributed by atoms with Crippen LogP contribution in [-0.2, 0) is 4.74 Å². The van der Waals surface area contributed by atoms with Crippen molar-refractivity contribution >= 4 is 5.76 Å². The molecule has 1 fully saturated rings. The van der Waals surface area contributed by atoms with Gasteiger partial charge in [0.05, 0.1) is 20.2 Å². The van der Waals surface area contributed by atoms with E-state index in [0.717, 1.165) is 43.3 Å². The number of halogens is 1. The summed E-state index contributed by atoms with van der Waals surface area (Å²) in [5.41, 5.74) is 2.65. The Bertz CT molecular complexity index is 504. The molecule has 1 aromatic carbocycles. The smallest absolute Gasteiger partial charge is 0.137 e. The molecule has 136 valence electrons. The number of quaternary nitrogens is 1. The Morgan fingerprint density at radius 3 is 2.42 bits per heavy atom. The van der Waals surface area contributed by atoms with E-state index in [2.05, 4.69) is 32.0 Å². The fourth-order valence-electron chi connectivity index (χ4n) is 3.26. The predicted molar refractivity (Wildman–Crippen MR) is 95.9 cm³/mol. The Morgan fingerprint density at radius 2 is 1.79 bits per heavy atom. The van der Waals surface area contributed by atoms with Gasteiger partial charge in [-0.2, -0.15) is 0 Å². The zero-order valence-corrected chi connectivity index (χ0v) is 16.1. The summed E-state index contributed by atoms with van der Waals surface area (Å²) in [6.45, 7) is 8.64. The summed E-state index contributed by atoms with van der Waals surface area (Å²) in [6, 6.07) is 8.29. The number of likely N-dealkylation sites (N-methyl/N-ethyl adjacent to an activating group) is 1. The summed E-state index contributed by atoms with van der Waals surface area (Å²) >= 11 is 0. The molecule has 1 aliphatic rings. The number of hydrogen-bond donors (Lipinski definition) is 1. The molecule has 1 aliphatic carbocycles. The number of allylic oxidation sites excluding steroid dienone is 1. The molecule has 24 heavy (non-hydrogen) atoms. The number of nitrogens with one attached hydrogen (secondary N) is 1. The number of methoxy groups -OCH3 is 1. The lowest BCUT2D eigenvalue weighted by molar-refractivity contribution is -0.896. The molecule has 0 heterocycles. The average Bonchev–Trinajstić information content (AvgIpc) is 2.63. The van der Waals surface area contributed by atoms with Gasteiger partial charge < -0.3 is 26.8 Å². The summed E-state index contributed by atoms with van der Waals surface area (Å²) in [5.74, 6) is 2.00. The third-order valence-corrected chi connectivity index (χ3v) is 4.81. The normalized spacial score (nSPS) is 14.2. The number of rotatable bonds is 8. The van der Waals surface area contributed by atoms with Crippen LogP contribution in [0.15, 0.2) is 29.8 Å². The number of hydrogen-bond acceptors (Lipinski definition) is 2.